The van der Waals surface area contributed by atoms with Crippen molar-refractivity contribution < 1.29 is 9.50 Å². The van der Waals surface area contributed by atoms with Crippen molar-refractivity contribution in [3.8, 4) is 11.8 Å². The number of fused-ring (bicyclic) bond motifs is 1. The van der Waals surface area contributed by atoms with Crippen LogP contribution in [-0.2, 0) is 0 Å². The van der Waals surface area contributed by atoms with Gasteiger partial charge in [-0.25, -0.2) is 24.0 Å². The third-order valence-corrected chi connectivity index (χ3v) is 4.44. The molecule has 3 aromatic heterocycles. The number of hydrogen-bond acceptors (Lipinski definition) is 8. The fourth-order valence-corrected chi connectivity index (χ4v) is 3.12. The summed E-state index contributed by atoms with van der Waals surface area (Å²) in [7, 11) is 0. The van der Waals surface area contributed by atoms with Crippen molar-refractivity contribution in [1.29, 1.82) is 5.26 Å². The molecule has 4 rings (SSSR count). The molecule has 0 aliphatic heterocycles. The van der Waals surface area contributed by atoms with E-state index in [0.29, 0.717) is 34.9 Å². The van der Waals surface area contributed by atoms with E-state index in [-0.39, 0.29) is 22.9 Å². The number of hydrogen-bond donors (Lipinski definition) is 3. The van der Waals surface area contributed by atoms with Crippen molar-refractivity contribution in [2.45, 2.75) is 0 Å². The maximum atomic E-state index is 14.6. The quantitative estimate of drug-likeness (QED) is 0.431. The first-order chi connectivity index (χ1) is 14.6. The fourth-order valence-electron chi connectivity index (χ4n) is 2.84. The Morgan fingerprint density at radius 3 is 2.67 bits per heavy atom. The van der Waals surface area contributed by atoms with Crippen LogP contribution in [0.15, 0.2) is 43.0 Å². The molecule has 30 heavy (non-hydrogen) atoms. The normalized spacial score (nSPS) is 10.7. The lowest BCUT2D eigenvalue weighted by Crippen LogP contribution is -2.07. The van der Waals surface area contributed by atoms with Crippen LogP contribution in [0.3, 0.4) is 0 Å². The van der Waals surface area contributed by atoms with Crippen molar-refractivity contribution >= 4 is 40.0 Å². The number of benzene rings is 1. The zero-order chi connectivity index (χ0) is 21.1. The standard InChI is InChI=1S/C19H14ClFN8O/c20-13-3-11(7-22)4-14(21)19(13)29-15-5-17(24-8-12(15)9-27-29)28-18-6-16(23-1-2-30)25-10-26-18/h3-6,8-10,30H,1-2H2,(H2,23,24,25,26,28). The fraction of sp³-hybridized carbons (Fsp3) is 0.105. The summed E-state index contributed by atoms with van der Waals surface area (Å²) in [4.78, 5) is 12.5. The summed E-state index contributed by atoms with van der Waals surface area (Å²) < 4.78 is 16.0. The minimum absolute atomic E-state index is 0.0244. The lowest BCUT2D eigenvalue weighted by Gasteiger charge is -2.10. The highest BCUT2D eigenvalue weighted by Gasteiger charge is 2.16. The van der Waals surface area contributed by atoms with Crippen molar-refractivity contribution in [3.63, 3.8) is 0 Å². The van der Waals surface area contributed by atoms with Crippen molar-refractivity contribution in [1.82, 2.24) is 24.7 Å². The Morgan fingerprint density at radius 2 is 1.90 bits per heavy atom. The van der Waals surface area contributed by atoms with E-state index in [1.165, 1.54) is 17.1 Å². The van der Waals surface area contributed by atoms with Gasteiger partial charge in [-0.05, 0) is 12.1 Å². The zero-order valence-corrected chi connectivity index (χ0v) is 16.1. The Morgan fingerprint density at radius 1 is 1.10 bits per heavy atom. The van der Waals surface area contributed by atoms with Crippen molar-refractivity contribution in [3.05, 3.63) is 59.4 Å². The van der Waals surface area contributed by atoms with E-state index in [1.807, 2.05) is 6.07 Å². The molecule has 0 radical (unpaired) electrons. The van der Waals surface area contributed by atoms with Crippen molar-refractivity contribution in [2.24, 2.45) is 0 Å². The maximum absolute atomic E-state index is 14.6. The summed E-state index contributed by atoms with van der Waals surface area (Å²) in [5, 5.41) is 28.9. The molecule has 0 spiro atoms. The number of aromatic nitrogens is 5. The van der Waals surface area contributed by atoms with Crippen LogP contribution in [0.1, 0.15) is 5.56 Å². The van der Waals surface area contributed by atoms with Crippen LogP contribution < -0.4 is 10.6 Å². The smallest absolute Gasteiger partial charge is 0.151 e. The minimum atomic E-state index is -0.661. The molecule has 0 unspecified atom stereocenters. The van der Waals surface area contributed by atoms with E-state index in [4.69, 9.17) is 22.0 Å². The third-order valence-electron chi connectivity index (χ3n) is 4.15. The van der Waals surface area contributed by atoms with E-state index in [2.05, 4.69) is 30.7 Å². The molecule has 0 saturated carbocycles. The Balaban J connectivity index is 1.70. The summed E-state index contributed by atoms with van der Waals surface area (Å²) in [6.45, 7) is 0.334. The van der Waals surface area contributed by atoms with Crippen LogP contribution in [-0.4, -0.2) is 43.0 Å². The number of rotatable bonds is 6. The highest BCUT2D eigenvalue weighted by atomic mass is 35.5. The summed E-state index contributed by atoms with van der Waals surface area (Å²) in [5.41, 5.74) is 0.724. The van der Waals surface area contributed by atoms with Gasteiger partial charge in [0.1, 0.15) is 29.5 Å². The van der Waals surface area contributed by atoms with Gasteiger partial charge in [-0.15, -0.1) is 0 Å². The van der Waals surface area contributed by atoms with Gasteiger partial charge >= 0.3 is 0 Å². The van der Waals surface area contributed by atoms with Gasteiger partial charge in [-0.2, -0.15) is 10.4 Å². The van der Waals surface area contributed by atoms with E-state index < -0.39 is 5.82 Å². The van der Waals surface area contributed by atoms with Crippen molar-refractivity contribution in [2.75, 3.05) is 23.8 Å². The second-order valence-corrected chi connectivity index (χ2v) is 6.56. The number of nitrogens with zero attached hydrogens (tertiary/aromatic N) is 6. The van der Waals surface area contributed by atoms with Gasteiger partial charge in [0.15, 0.2) is 5.82 Å². The molecular weight excluding hydrogens is 411 g/mol. The Bertz CT molecular complexity index is 1250. The van der Waals surface area contributed by atoms with Crippen LogP contribution in [0.2, 0.25) is 5.02 Å². The second kappa shape index (κ2) is 8.28. The molecule has 3 heterocycles. The molecule has 0 aliphatic rings. The SMILES string of the molecule is N#Cc1cc(F)c(-n2ncc3cnc(Nc4cc(NCCO)ncn4)cc32)c(Cl)c1. The molecule has 0 fully saturated rings. The summed E-state index contributed by atoms with van der Waals surface area (Å²) >= 11 is 6.21. The van der Waals surface area contributed by atoms with E-state index in [0.717, 1.165) is 6.07 Å². The number of pyridine rings is 1. The molecule has 0 aliphatic carbocycles. The van der Waals surface area contributed by atoms with Gasteiger partial charge in [-0.1, -0.05) is 11.6 Å². The molecule has 1 aromatic carbocycles. The average molecular weight is 425 g/mol. The summed E-state index contributed by atoms with van der Waals surface area (Å²) in [5.74, 6) is 0.803. The molecule has 3 N–H and O–H groups in total. The third kappa shape index (κ3) is 3.84. The first-order valence-corrected chi connectivity index (χ1v) is 9.14. The number of aliphatic hydroxyl groups is 1. The molecular formula is C19H14ClFN8O. The Kier molecular flexibility index (Phi) is 5.38. The number of anilines is 3. The Labute approximate surface area is 174 Å². The second-order valence-electron chi connectivity index (χ2n) is 6.15. The van der Waals surface area contributed by atoms with E-state index in [9.17, 15) is 4.39 Å². The molecule has 9 nitrogen and oxygen atoms in total. The van der Waals surface area contributed by atoms with Gasteiger partial charge in [0.05, 0.1) is 35.0 Å². The van der Waals surface area contributed by atoms with Gasteiger partial charge in [0.25, 0.3) is 0 Å². The van der Waals surface area contributed by atoms with Gasteiger partial charge in [-0.3, -0.25) is 0 Å². The number of halogens is 2. The monoisotopic (exact) mass is 424 g/mol. The molecule has 0 atom stereocenters. The summed E-state index contributed by atoms with van der Waals surface area (Å²) in [6.07, 6.45) is 4.50. The summed E-state index contributed by atoms with van der Waals surface area (Å²) in [6, 6.07) is 7.70. The largest absolute Gasteiger partial charge is 0.395 e. The number of nitrogens with one attached hydrogen (secondary N) is 2. The Hall–Kier alpha value is -3.81. The molecule has 150 valence electrons. The minimum Gasteiger partial charge on any atom is -0.395 e. The van der Waals surface area contributed by atoms with Crippen LogP contribution in [0.25, 0.3) is 16.6 Å². The lowest BCUT2D eigenvalue weighted by molar-refractivity contribution is 0.311. The molecule has 4 aromatic rings. The van der Waals surface area contributed by atoms with Gasteiger partial charge in [0, 0.05) is 30.3 Å². The van der Waals surface area contributed by atoms with Gasteiger partial charge < -0.3 is 15.7 Å². The first-order valence-electron chi connectivity index (χ1n) is 8.76. The average Bonchev–Trinajstić information content (AvgIpc) is 3.15. The number of aliphatic hydroxyl groups excluding tert-OH is 1. The van der Waals surface area contributed by atoms with Crippen LogP contribution >= 0.6 is 11.6 Å². The predicted molar refractivity (Wildman–Crippen MR) is 109 cm³/mol. The number of nitriles is 1. The van der Waals surface area contributed by atoms with Gasteiger partial charge in [0.2, 0.25) is 0 Å². The topological polar surface area (TPSA) is 125 Å². The van der Waals surface area contributed by atoms with E-state index >= 15 is 0 Å². The first kappa shape index (κ1) is 19.5. The maximum Gasteiger partial charge on any atom is 0.151 e. The predicted octanol–water partition coefficient (Wildman–Crippen LogP) is 3.02. The molecule has 0 amide bonds. The van der Waals surface area contributed by atoms with Crippen LogP contribution in [0.4, 0.5) is 21.8 Å². The lowest BCUT2D eigenvalue weighted by atomic mass is 10.2. The van der Waals surface area contributed by atoms with Crippen LogP contribution in [0.5, 0.6) is 0 Å². The molecule has 0 saturated heterocycles. The van der Waals surface area contributed by atoms with Crippen LogP contribution in [0, 0.1) is 17.1 Å². The highest BCUT2D eigenvalue weighted by Crippen LogP contribution is 2.29. The molecule has 0 bridgehead atoms. The highest BCUT2D eigenvalue weighted by molar-refractivity contribution is 6.32. The zero-order valence-electron chi connectivity index (χ0n) is 15.3. The molecule has 11 heteroatoms. The van der Waals surface area contributed by atoms with E-state index in [1.54, 1.807) is 24.5 Å².